The second-order valence-corrected chi connectivity index (χ2v) is 8.51. The number of sulfone groups is 1. The molecule has 1 aliphatic rings. The highest BCUT2D eigenvalue weighted by Gasteiger charge is 2.27. The summed E-state index contributed by atoms with van der Waals surface area (Å²) in [7, 11) is -3.93. The van der Waals surface area contributed by atoms with E-state index >= 15 is 0 Å². The van der Waals surface area contributed by atoms with E-state index in [2.05, 4.69) is 9.97 Å². The van der Waals surface area contributed by atoms with E-state index in [1.165, 1.54) is 17.0 Å². The van der Waals surface area contributed by atoms with E-state index in [1.807, 2.05) is 0 Å². The molecule has 10 heteroatoms. The van der Waals surface area contributed by atoms with Crippen molar-refractivity contribution in [1.82, 2.24) is 9.97 Å². The van der Waals surface area contributed by atoms with Gasteiger partial charge in [0.2, 0.25) is 15.0 Å². The summed E-state index contributed by atoms with van der Waals surface area (Å²) in [6.07, 6.45) is 4.03. The van der Waals surface area contributed by atoms with Crippen LogP contribution in [0.3, 0.4) is 0 Å². The molecule has 0 saturated carbocycles. The third-order valence-corrected chi connectivity index (χ3v) is 5.30. The molecule has 154 valence electrons. The van der Waals surface area contributed by atoms with Crippen LogP contribution in [0.2, 0.25) is 0 Å². The molecule has 0 atom stereocenters. The lowest BCUT2D eigenvalue weighted by molar-refractivity contribution is 0.581. The van der Waals surface area contributed by atoms with Crippen molar-refractivity contribution in [3.63, 3.8) is 0 Å². The van der Waals surface area contributed by atoms with Crippen LogP contribution in [-0.2, 0) is 9.84 Å². The van der Waals surface area contributed by atoms with E-state index in [0.717, 1.165) is 24.5 Å². The first-order chi connectivity index (χ1) is 14.1. The van der Waals surface area contributed by atoms with E-state index in [9.17, 15) is 26.0 Å². The Morgan fingerprint density at radius 3 is 2.23 bits per heavy atom. The van der Waals surface area contributed by atoms with E-state index < -0.39 is 38.3 Å². The molecule has 1 aliphatic heterocycles. The number of fused-ring (bicyclic) bond motifs is 1. The Morgan fingerprint density at radius 2 is 1.60 bits per heavy atom. The Bertz CT molecular complexity index is 1310. The summed E-state index contributed by atoms with van der Waals surface area (Å²) in [5, 5.41) is -0.609. The van der Waals surface area contributed by atoms with Gasteiger partial charge in [-0.3, -0.25) is 0 Å². The summed E-state index contributed by atoms with van der Waals surface area (Å²) in [6.45, 7) is 0.0983. The number of rotatable bonds is 3. The van der Waals surface area contributed by atoms with Crippen molar-refractivity contribution in [1.29, 1.82) is 0 Å². The number of hydrogen-bond donors (Lipinski definition) is 0. The topological polar surface area (TPSA) is 63.2 Å². The Hall–Kier alpha value is -3.27. The summed E-state index contributed by atoms with van der Waals surface area (Å²) in [6, 6.07) is 5.71. The number of nitrogens with zero attached hydrogens (tertiary/aromatic N) is 3. The maximum atomic E-state index is 14.5. The molecule has 0 unspecified atom stereocenters. The lowest BCUT2D eigenvalue weighted by Gasteiger charge is -2.28. The van der Waals surface area contributed by atoms with Gasteiger partial charge in [-0.05, 0) is 24.3 Å². The number of anilines is 2. The molecule has 0 amide bonds. The molecule has 5 nitrogen and oxygen atoms in total. The predicted octanol–water partition coefficient (Wildman–Crippen LogP) is 4.27. The second kappa shape index (κ2) is 7.21. The fourth-order valence-electron chi connectivity index (χ4n) is 3.12. The molecule has 3 aromatic rings. The molecule has 2 aromatic carbocycles. The molecule has 0 N–H and O–H groups in total. The van der Waals surface area contributed by atoms with Gasteiger partial charge >= 0.3 is 0 Å². The van der Waals surface area contributed by atoms with Crippen molar-refractivity contribution in [3.8, 4) is 11.3 Å². The molecule has 0 aliphatic carbocycles. The van der Waals surface area contributed by atoms with Crippen LogP contribution < -0.4 is 4.90 Å². The summed E-state index contributed by atoms with van der Waals surface area (Å²) >= 11 is 0. The summed E-state index contributed by atoms with van der Waals surface area (Å²) < 4.78 is 79.9. The quantitative estimate of drug-likeness (QED) is 0.454. The average molecular weight is 435 g/mol. The molecule has 1 aromatic heterocycles. The normalized spacial score (nSPS) is 13.4. The van der Waals surface area contributed by atoms with Crippen molar-refractivity contribution in [2.24, 2.45) is 0 Å². The zero-order valence-corrected chi connectivity index (χ0v) is 16.2. The van der Waals surface area contributed by atoms with Crippen molar-refractivity contribution in [3.05, 3.63) is 71.3 Å². The monoisotopic (exact) mass is 435 g/mol. The molecule has 0 spiro atoms. The molecule has 0 fully saturated rings. The molecule has 0 radical (unpaired) electrons. The smallest absolute Gasteiger partial charge is 0.249 e. The minimum absolute atomic E-state index is 0.00263. The summed E-state index contributed by atoms with van der Waals surface area (Å²) in [5.41, 5.74) is -0.0824. The van der Waals surface area contributed by atoms with E-state index in [-0.39, 0.29) is 34.9 Å². The zero-order chi connectivity index (χ0) is 21.6. The highest BCUT2D eigenvalue weighted by molar-refractivity contribution is 7.90. The number of benzene rings is 2. The van der Waals surface area contributed by atoms with Gasteiger partial charge in [0, 0.05) is 36.1 Å². The van der Waals surface area contributed by atoms with Crippen molar-refractivity contribution >= 4 is 27.4 Å². The van der Waals surface area contributed by atoms with Gasteiger partial charge < -0.3 is 4.90 Å². The Morgan fingerprint density at radius 1 is 0.933 bits per heavy atom. The Balaban J connectivity index is 2.02. The Kier molecular flexibility index (Phi) is 4.81. The fourth-order valence-corrected chi connectivity index (χ4v) is 3.63. The minimum atomic E-state index is -3.93. The van der Waals surface area contributed by atoms with Gasteiger partial charge in [-0.25, -0.2) is 31.0 Å². The number of hydrogen-bond acceptors (Lipinski definition) is 5. The summed E-state index contributed by atoms with van der Waals surface area (Å²) in [4.78, 5) is 9.37. The van der Waals surface area contributed by atoms with Crippen LogP contribution in [0.25, 0.3) is 17.3 Å². The maximum absolute atomic E-state index is 14.5. The van der Waals surface area contributed by atoms with Crippen LogP contribution in [0.15, 0.2) is 47.6 Å². The molecule has 4 rings (SSSR count). The fraction of sp³-hybridized carbons (Fsp3) is 0.100. The summed E-state index contributed by atoms with van der Waals surface area (Å²) in [5.74, 6) is -3.43. The lowest BCUT2D eigenvalue weighted by atomic mass is 10.0. The van der Waals surface area contributed by atoms with Crippen molar-refractivity contribution in [2.45, 2.75) is 5.16 Å². The Labute approximate surface area is 169 Å². The van der Waals surface area contributed by atoms with E-state index in [1.54, 1.807) is 6.08 Å². The first-order valence-electron chi connectivity index (χ1n) is 8.62. The lowest BCUT2D eigenvalue weighted by Crippen LogP contribution is -2.25. The van der Waals surface area contributed by atoms with Crippen LogP contribution in [0.1, 0.15) is 5.56 Å². The van der Waals surface area contributed by atoms with Crippen LogP contribution in [-0.4, -0.2) is 31.2 Å². The average Bonchev–Trinajstić information content (AvgIpc) is 2.66. The van der Waals surface area contributed by atoms with Crippen LogP contribution in [0, 0.1) is 23.3 Å². The maximum Gasteiger partial charge on any atom is 0.249 e. The molecule has 2 heterocycles. The highest BCUT2D eigenvalue weighted by Crippen LogP contribution is 2.38. The van der Waals surface area contributed by atoms with Crippen LogP contribution in [0.5, 0.6) is 0 Å². The molecular formula is C20H13F4N3O2S. The van der Waals surface area contributed by atoms with Gasteiger partial charge in [0.1, 0.15) is 29.1 Å². The van der Waals surface area contributed by atoms with E-state index in [4.69, 9.17) is 0 Å². The van der Waals surface area contributed by atoms with Crippen LogP contribution >= 0.6 is 0 Å². The minimum Gasteiger partial charge on any atom is -0.319 e. The van der Waals surface area contributed by atoms with Gasteiger partial charge in [-0.2, -0.15) is 4.98 Å². The molecule has 0 bridgehead atoms. The second-order valence-electron chi connectivity index (χ2n) is 6.60. The largest absolute Gasteiger partial charge is 0.319 e. The number of halogens is 4. The van der Waals surface area contributed by atoms with Gasteiger partial charge in [0.25, 0.3) is 0 Å². The third-order valence-electron chi connectivity index (χ3n) is 4.45. The predicted molar refractivity (Wildman–Crippen MR) is 103 cm³/mol. The van der Waals surface area contributed by atoms with Crippen LogP contribution in [0.4, 0.5) is 29.1 Å². The SMILES string of the molecule is CS(=O)(=O)c1nc(-c2ccc(F)cc2F)c2c(n1)N(c1ccc(F)cc1F)CC=C2. The van der Waals surface area contributed by atoms with E-state index in [0.29, 0.717) is 12.1 Å². The standard InChI is InChI=1S/C20H13F4N3O2S/c1-30(28,29)20-25-18(13-6-4-11(21)9-15(13)23)14-3-2-8-27(19(14)26-20)17-7-5-12(22)10-16(17)24/h2-7,9-10H,8H2,1H3. The molecular weight excluding hydrogens is 422 g/mol. The first-order valence-corrected chi connectivity index (χ1v) is 10.5. The molecule has 30 heavy (non-hydrogen) atoms. The van der Waals surface area contributed by atoms with Gasteiger partial charge in [0.05, 0.1) is 11.4 Å². The van der Waals surface area contributed by atoms with Gasteiger partial charge in [0.15, 0.2) is 0 Å². The zero-order valence-electron chi connectivity index (χ0n) is 15.4. The third kappa shape index (κ3) is 3.54. The van der Waals surface area contributed by atoms with Crippen molar-refractivity contribution in [2.75, 3.05) is 17.7 Å². The molecule has 0 saturated heterocycles. The number of aromatic nitrogens is 2. The van der Waals surface area contributed by atoms with Crippen molar-refractivity contribution < 1.29 is 26.0 Å². The highest BCUT2D eigenvalue weighted by atomic mass is 32.2. The van der Waals surface area contributed by atoms with Gasteiger partial charge in [-0.1, -0.05) is 12.2 Å². The first kappa shape index (κ1) is 20.0. The van der Waals surface area contributed by atoms with Gasteiger partial charge in [-0.15, -0.1) is 0 Å².